The van der Waals surface area contributed by atoms with Gasteiger partial charge in [0.1, 0.15) is 0 Å². The van der Waals surface area contributed by atoms with Gasteiger partial charge in [-0.1, -0.05) is 49.1 Å². The van der Waals surface area contributed by atoms with Gasteiger partial charge in [-0.15, -0.1) is 0 Å². The Bertz CT molecular complexity index is 425. The fraction of sp³-hybridized carbons (Fsp3) is 0.176. The fourth-order valence-corrected chi connectivity index (χ4v) is 1.03. The first-order chi connectivity index (χ1) is 8.53. The maximum Gasteiger partial charge on any atom is 0.0378 e. The van der Waals surface area contributed by atoms with E-state index in [1.165, 1.54) is 5.57 Å². The Balaban J connectivity index is 4.96. The van der Waals surface area contributed by atoms with Crippen LogP contribution in [0.25, 0.3) is 0 Å². The second-order valence-electron chi connectivity index (χ2n) is 4.14. The molecule has 0 aliphatic heterocycles. The van der Waals surface area contributed by atoms with Crippen LogP contribution >= 0.6 is 0 Å². The third-order valence-electron chi connectivity index (χ3n) is 2.17. The summed E-state index contributed by atoms with van der Waals surface area (Å²) in [5, 5.41) is 3.25. The first-order valence-corrected chi connectivity index (χ1v) is 5.91. The van der Waals surface area contributed by atoms with E-state index in [4.69, 9.17) is 0 Å². The Labute approximate surface area is 111 Å². The molecule has 0 aliphatic carbocycles. The van der Waals surface area contributed by atoms with Gasteiger partial charge < -0.3 is 5.32 Å². The molecule has 1 heteroatoms. The van der Waals surface area contributed by atoms with E-state index < -0.39 is 0 Å². The lowest BCUT2D eigenvalue weighted by molar-refractivity contribution is 1.05. The van der Waals surface area contributed by atoms with Crippen LogP contribution in [0.3, 0.4) is 0 Å². The molecule has 0 saturated heterocycles. The van der Waals surface area contributed by atoms with Crippen molar-refractivity contribution in [3.05, 3.63) is 84.8 Å². The molecule has 0 aliphatic rings. The first-order valence-electron chi connectivity index (χ1n) is 5.91. The average Bonchev–Trinajstić information content (AvgIpc) is 2.37. The number of rotatable bonds is 7. The van der Waals surface area contributed by atoms with E-state index in [2.05, 4.69) is 38.9 Å². The summed E-state index contributed by atoms with van der Waals surface area (Å²) in [6.07, 6.45) is 13.3. The molecular weight excluding hydrogens is 218 g/mol. The van der Waals surface area contributed by atoms with E-state index in [0.29, 0.717) is 0 Å². The summed E-state index contributed by atoms with van der Waals surface area (Å²) in [6.45, 7) is 17.4. The molecule has 0 heterocycles. The number of nitrogens with one attached hydrogen (secondary N) is 1. The predicted molar refractivity (Wildman–Crippen MR) is 83.1 cm³/mol. The standard InChI is InChI=1S/C17H23N/c1-7-15(6)11-13-17(9-3)18-16(8-2)12-10-14(4)5/h7-13,18H,1-3H2,4-6H3/b15-11-,16-12+,17-13+. The van der Waals surface area contributed by atoms with Crippen molar-refractivity contribution in [2.24, 2.45) is 0 Å². The van der Waals surface area contributed by atoms with Gasteiger partial charge in [0.25, 0.3) is 0 Å². The highest BCUT2D eigenvalue weighted by Crippen LogP contribution is 2.03. The average molecular weight is 241 g/mol. The molecule has 0 bridgehead atoms. The zero-order valence-corrected chi connectivity index (χ0v) is 11.7. The van der Waals surface area contributed by atoms with Crippen molar-refractivity contribution in [2.45, 2.75) is 20.8 Å². The van der Waals surface area contributed by atoms with Gasteiger partial charge in [-0.3, -0.25) is 0 Å². The maximum absolute atomic E-state index is 3.78. The van der Waals surface area contributed by atoms with Crippen molar-refractivity contribution < 1.29 is 0 Å². The molecule has 1 nitrogen and oxygen atoms in total. The zero-order valence-electron chi connectivity index (χ0n) is 11.7. The van der Waals surface area contributed by atoms with Gasteiger partial charge in [0.2, 0.25) is 0 Å². The molecule has 0 atom stereocenters. The molecular formula is C17H23N. The van der Waals surface area contributed by atoms with Crippen molar-refractivity contribution in [3.63, 3.8) is 0 Å². The lowest BCUT2D eigenvalue weighted by Gasteiger charge is -2.06. The van der Waals surface area contributed by atoms with Gasteiger partial charge in [0, 0.05) is 11.4 Å². The summed E-state index contributed by atoms with van der Waals surface area (Å²) in [4.78, 5) is 0. The number of hydrogen-bond acceptors (Lipinski definition) is 1. The normalized spacial score (nSPS) is 12.7. The molecule has 0 fully saturated rings. The van der Waals surface area contributed by atoms with Crippen LogP contribution in [-0.2, 0) is 0 Å². The van der Waals surface area contributed by atoms with E-state index in [9.17, 15) is 0 Å². The highest BCUT2D eigenvalue weighted by atomic mass is 14.9. The van der Waals surface area contributed by atoms with Gasteiger partial charge in [0.15, 0.2) is 0 Å². The topological polar surface area (TPSA) is 12.0 Å². The minimum atomic E-state index is 0.921. The monoisotopic (exact) mass is 241 g/mol. The van der Waals surface area contributed by atoms with Gasteiger partial charge >= 0.3 is 0 Å². The Hall–Kier alpha value is -2.02. The van der Waals surface area contributed by atoms with Gasteiger partial charge in [-0.25, -0.2) is 0 Å². The van der Waals surface area contributed by atoms with Gasteiger partial charge in [-0.2, -0.15) is 0 Å². The van der Waals surface area contributed by atoms with Crippen LogP contribution in [0, 0.1) is 0 Å². The minimum absolute atomic E-state index is 0.921. The van der Waals surface area contributed by atoms with Crippen LogP contribution in [0.4, 0.5) is 0 Å². The van der Waals surface area contributed by atoms with Crippen molar-refractivity contribution in [2.75, 3.05) is 0 Å². The fourth-order valence-electron chi connectivity index (χ4n) is 1.03. The second kappa shape index (κ2) is 9.06. The Morgan fingerprint density at radius 1 is 0.722 bits per heavy atom. The quantitative estimate of drug-likeness (QED) is 0.630. The van der Waals surface area contributed by atoms with Crippen LogP contribution in [0.5, 0.6) is 0 Å². The summed E-state index contributed by atoms with van der Waals surface area (Å²) in [7, 11) is 0. The van der Waals surface area contributed by atoms with E-state index in [1.54, 1.807) is 12.2 Å². The number of hydrogen-bond donors (Lipinski definition) is 1. The van der Waals surface area contributed by atoms with Crippen LogP contribution < -0.4 is 5.32 Å². The molecule has 0 aromatic carbocycles. The van der Waals surface area contributed by atoms with Crippen LogP contribution in [0.15, 0.2) is 84.8 Å². The Morgan fingerprint density at radius 3 is 1.61 bits per heavy atom. The molecule has 0 saturated carbocycles. The first kappa shape index (κ1) is 16.0. The van der Waals surface area contributed by atoms with Crippen molar-refractivity contribution in [1.29, 1.82) is 0 Å². The largest absolute Gasteiger partial charge is 0.356 e. The van der Waals surface area contributed by atoms with Crippen LogP contribution in [-0.4, -0.2) is 0 Å². The minimum Gasteiger partial charge on any atom is -0.356 e. The molecule has 18 heavy (non-hydrogen) atoms. The van der Waals surface area contributed by atoms with Crippen molar-refractivity contribution in [1.82, 2.24) is 5.32 Å². The van der Waals surface area contributed by atoms with Gasteiger partial charge in [-0.05, 0) is 45.1 Å². The van der Waals surface area contributed by atoms with Crippen LogP contribution in [0.2, 0.25) is 0 Å². The molecule has 0 unspecified atom stereocenters. The lowest BCUT2D eigenvalue weighted by atomic mass is 10.2. The van der Waals surface area contributed by atoms with Gasteiger partial charge in [0.05, 0.1) is 0 Å². The third kappa shape index (κ3) is 7.29. The molecule has 0 radical (unpaired) electrons. The van der Waals surface area contributed by atoms with E-state index in [0.717, 1.165) is 17.0 Å². The highest BCUT2D eigenvalue weighted by molar-refractivity contribution is 5.32. The lowest BCUT2D eigenvalue weighted by Crippen LogP contribution is -2.09. The van der Waals surface area contributed by atoms with E-state index >= 15 is 0 Å². The molecule has 0 amide bonds. The van der Waals surface area contributed by atoms with E-state index in [-0.39, 0.29) is 0 Å². The van der Waals surface area contributed by atoms with Crippen molar-refractivity contribution in [3.8, 4) is 0 Å². The number of allylic oxidation sites excluding steroid dienone is 9. The summed E-state index contributed by atoms with van der Waals surface area (Å²) in [6, 6.07) is 0. The van der Waals surface area contributed by atoms with Crippen molar-refractivity contribution >= 4 is 0 Å². The van der Waals surface area contributed by atoms with E-state index in [1.807, 2.05) is 37.3 Å². The van der Waals surface area contributed by atoms with Crippen LogP contribution in [0.1, 0.15) is 20.8 Å². The summed E-state index contributed by atoms with van der Waals surface area (Å²) < 4.78 is 0. The predicted octanol–water partition coefficient (Wildman–Crippen LogP) is 4.81. The molecule has 0 rings (SSSR count). The maximum atomic E-state index is 3.78. The second-order valence-corrected chi connectivity index (χ2v) is 4.14. The molecule has 0 spiro atoms. The molecule has 0 aromatic rings. The summed E-state index contributed by atoms with van der Waals surface area (Å²) in [5.74, 6) is 0. The Morgan fingerprint density at radius 2 is 1.22 bits per heavy atom. The molecule has 96 valence electrons. The smallest absolute Gasteiger partial charge is 0.0378 e. The zero-order chi connectivity index (χ0) is 14.0. The third-order valence-corrected chi connectivity index (χ3v) is 2.17. The highest BCUT2D eigenvalue weighted by Gasteiger charge is 1.92. The molecule has 0 aromatic heterocycles. The Kier molecular flexibility index (Phi) is 8.04. The molecule has 1 N–H and O–H groups in total. The summed E-state index contributed by atoms with van der Waals surface area (Å²) in [5.41, 5.74) is 4.20. The summed E-state index contributed by atoms with van der Waals surface area (Å²) >= 11 is 0. The SMILES string of the molecule is C=C/C(C)=C\C=C(/C=C)N/C(C=C)=C/C=C(C)C.